The minimum atomic E-state index is -2.62. The number of hydrogen-bond acceptors (Lipinski definition) is 2. The summed E-state index contributed by atoms with van der Waals surface area (Å²) >= 11 is 5.64. The van der Waals surface area contributed by atoms with E-state index in [0.29, 0.717) is 0 Å². The van der Waals surface area contributed by atoms with Crippen LogP contribution in [0.15, 0.2) is 18.2 Å². The van der Waals surface area contributed by atoms with Gasteiger partial charge in [-0.1, -0.05) is 11.6 Å². The fraction of sp³-hybridized carbons (Fsp3) is 0.300. The molecule has 1 N–H and O–H groups in total. The van der Waals surface area contributed by atoms with Gasteiger partial charge in [0.15, 0.2) is 0 Å². The molecular weight excluding hydrogens is 240 g/mol. The molecule has 0 radical (unpaired) electrons. The molecule has 0 spiro atoms. The largest absolute Gasteiger partial charge is 0.507 e. The van der Waals surface area contributed by atoms with Crippen LogP contribution in [0.25, 0.3) is 0 Å². The Morgan fingerprint density at radius 3 is 2.75 bits per heavy atom. The first-order valence-electron chi connectivity index (χ1n) is 4.44. The third-order valence-electron chi connectivity index (χ3n) is 1.95. The van der Waals surface area contributed by atoms with Gasteiger partial charge in [0.25, 0.3) is 12.3 Å². The van der Waals surface area contributed by atoms with Crippen molar-refractivity contribution in [1.29, 1.82) is 0 Å². The van der Waals surface area contributed by atoms with Crippen LogP contribution in [0.4, 0.5) is 8.78 Å². The van der Waals surface area contributed by atoms with E-state index in [1.165, 1.54) is 25.2 Å². The van der Waals surface area contributed by atoms with Gasteiger partial charge in [-0.15, -0.1) is 0 Å². The van der Waals surface area contributed by atoms with Gasteiger partial charge in [0, 0.05) is 12.1 Å². The van der Waals surface area contributed by atoms with Crippen LogP contribution in [-0.4, -0.2) is 35.9 Å². The molecule has 0 aliphatic heterocycles. The summed E-state index contributed by atoms with van der Waals surface area (Å²) in [4.78, 5) is 12.5. The first-order valence-corrected chi connectivity index (χ1v) is 4.81. The van der Waals surface area contributed by atoms with Crippen LogP contribution in [0.1, 0.15) is 10.4 Å². The molecule has 0 aromatic heterocycles. The highest BCUT2D eigenvalue weighted by Crippen LogP contribution is 2.22. The topological polar surface area (TPSA) is 40.5 Å². The van der Waals surface area contributed by atoms with Crippen LogP contribution in [0.3, 0.4) is 0 Å². The number of aromatic hydroxyl groups is 1. The number of benzene rings is 1. The SMILES string of the molecule is CN(CC(F)F)C(=O)c1cc(Cl)ccc1O. The van der Waals surface area contributed by atoms with E-state index in [0.717, 1.165) is 4.90 Å². The molecule has 0 saturated carbocycles. The van der Waals surface area contributed by atoms with Crippen LogP contribution in [0, 0.1) is 0 Å². The third kappa shape index (κ3) is 3.06. The van der Waals surface area contributed by atoms with Gasteiger partial charge >= 0.3 is 0 Å². The summed E-state index contributed by atoms with van der Waals surface area (Å²) < 4.78 is 24.1. The highest BCUT2D eigenvalue weighted by atomic mass is 35.5. The number of amides is 1. The maximum absolute atomic E-state index is 12.1. The summed E-state index contributed by atoms with van der Waals surface area (Å²) in [6.07, 6.45) is -2.62. The minimum absolute atomic E-state index is 0.0874. The average Bonchev–Trinajstić information content (AvgIpc) is 2.19. The maximum atomic E-state index is 12.1. The molecular formula is C10H10ClF2NO2. The predicted molar refractivity (Wildman–Crippen MR) is 56.1 cm³/mol. The Kier molecular flexibility index (Phi) is 4.06. The van der Waals surface area contributed by atoms with Gasteiger partial charge in [-0.2, -0.15) is 0 Å². The number of phenolic OH excluding ortho intramolecular Hbond substituents is 1. The zero-order valence-corrected chi connectivity index (χ0v) is 9.21. The van der Waals surface area contributed by atoms with Crippen LogP contribution < -0.4 is 0 Å². The average molecular weight is 250 g/mol. The van der Waals surface area contributed by atoms with E-state index in [1.54, 1.807) is 0 Å². The van der Waals surface area contributed by atoms with E-state index in [4.69, 9.17) is 11.6 Å². The Morgan fingerprint density at radius 1 is 1.56 bits per heavy atom. The quantitative estimate of drug-likeness (QED) is 0.894. The zero-order valence-electron chi connectivity index (χ0n) is 8.45. The Labute approximate surface area is 96.2 Å². The van der Waals surface area contributed by atoms with Crippen molar-refractivity contribution in [1.82, 2.24) is 4.90 Å². The lowest BCUT2D eigenvalue weighted by Crippen LogP contribution is -2.31. The molecule has 1 amide bonds. The van der Waals surface area contributed by atoms with Gasteiger partial charge in [0.1, 0.15) is 5.75 Å². The van der Waals surface area contributed by atoms with E-state index in [-0.39, 0.29) is 16.3 Å². The van der Waals surface area contributed by atoms with Gasteiger partial charge in [0.05, 0.1) is 12.1 Å². The zero-order chi connectivity index (χ0) is 12.3. The van der Waals surface area contributed by atoms with E-state index < -0.39 is 18.9 Å². The molecule has 16 heavy (non-hydrogen) atoms. The lowest BCUT2D eigenvalue weighted by molar-refractivity contribution is 0.0617. The highest BCUT2D eigenvalue weighted by Gasteiger charge is 2.18. The Morgan fingerprint density at radius 2 is 2.19 bits per heavy atom. The number of phenols is 1. The van der Waals surface area contributed by atoms with Crippen molar-refractivity contribution in [3.05, 3.63) is 28.8 Å². The predicted octanol–water partition coefficient (Wildman–Crippen LogP) is 2.38. The van der Waals surface area contributed by atoms with E-state index in [9.17, 15) is 18.7 Å². The summed E-state index contributed by atoms with van der Waals surface area (Å²) in [7, 11) is 1.23. The Balaban J connectivity index is 2.91. The normalized spacial score (nSPS) is 10.6. The summed E-state index contributed by atoms with van der Waals surface area (Å²) in [5.41, 5.74) is -0.0874. The monoisotopic (exact) mass is 249 g/mol. The number of rotatable bonds is 3. The number of carbonyl (C=O) groups is 1. The lowest BCUT2D eigenvalue weighted by atomic mass is 10.2. The van der Waals surface area contributed by atoms with Crippen LogP contribution >= 0.6 is 11.6 Å². The third-order valence-corrected chi connectivity index (χ3v) is 2.18. The van der Waals surface area contributed by atoms with Crippen molar-refractivity contribution in [2.24, 2.45) is 0 Å². The standard InChI is InChI=1S/C10H10ClF2NO2/c1-14(5-9(12)13)10(16)7-4-6(11)2-3-8(7)15/h2-4,9,15H,5H2,1H3. The smallest absolute Gasteiger partial charge is 0.257 e. The van der Waals surface area contributed by atoms with Gasteiger partial charge in [0.2, 0.25) is 0 Å². The molecule has 0 unspecified atom stereocenters. The number of halogens is 3. The summed E-state index contributed by atoms with van der Waals surface area (Å²) in [6.45, 7) is -0.690. The number of nitrogens with zero attached hydrogens (tertiary/aromatic N) is 1. The van der Waals surface area contributed by atoms with E-state index in [2.05, 4.69) is 0 Å². The molecule has 0 saturated heterocycles. The van der Waals surface area contributed by atoms with Crippen LogP contribution in [-0.2, 0) is 0 Å². The second-order valence-corrected chi connectivity index (χ2v) is 3.67. The first kappa shape index (κ1) is 12.7. The first-order chi connectivity index (χ1) is 7.41. The number of hydrogen-bond donors (Lipinski definition) is 1. The summed E-state index contributed by atoms with van der Waals surface area (Å²) in [6, 6.07) is 3.88. The fourth-order valence-corrected chi connectivity index (χ4v) is 1.35. The van der Waals surface area contributed by atoms with Gasteiger partial charge < -0.3 is 10.0 Å². The molecule has 1 aromatic carbocycles. The van der Waals surface area contributed by atoms with Gasteiger partial charge in [-0.3, -0.25) is 4.79 Å². The molecule has 0 fully saturated rings. The minimum Gasteiger partial charge on any atom is -0.507 e. The van der Waals surface area contributed by atoms with Crippen molar-refractivity contribution >= 4 is 17.5 Å². The van der Waals surface area contributed by atoms with Gasteiger partial charge in [-0.05, 0) is 18.2 Å². The van der Waals surface area contributed by atoms with Crippen molar-refractivity contribution in [2.75, 3.05) is 13.6 Å². The molecule has 88 valence electrons. The fourth-order valence-electron chi connectivity index (χ4n) is 1.18. The van der Waals surface area contributed by atoms with Crippen molar-refractivity contribution in [2.45, 2.75) is 6.43 Å². The second-order valence-electron chi connectivity index (χ2n) is 3.24. The van der Waals surface area contributed by atoms with E-state index in [1.807, 2.05) is 0 Å². The van der Waals surface area contributed by atoms with Crippen LogP contribution in [0.5, 0.6) is 5.75 Å². The number of carbonyl (C=O) groups excluding carboxylic acids is 1. The molecule has 0 heterocycles. The van der Waals surface area contributed by atoms with E-state index >= 15 is 0 Å². The molecule has 0 atom stereocenters. The Bertz CT molecular complexity index is 398. The molecule has 1 rings (SSSR count). The lowest BCUT2D eigenvalue weighted by Gasteiger charge is -2.17. The molecule has 0 aliphatic rings. The number of alkyl halides is 2. The maximum Gasteiger partial charge on any atom is 0.257 e. The Hall–Kier alpha value is -1.36. The van der Waals surface area contributed by atoms with Crippen molar-refractivity contribution < 1.29 is 18.7 Å². The highest BCUT2D eigenvalue weighted by molar-refractivity contribution is 6.31. The summed E-state index contributed by atoms with van der Waals surface area (Å²) in [5, 5.41) is 9.65. The van der Waals surface area contributed by atoms with Crippen molar-refractivity contribution in [3.63, 3.8) is 0 Å². The second kappa shape index (κ2) is 5.12. The molecule has 0 bridgehead atoms. The molecule has 3 nitrogen and oxygen atoms in total. The molecule has 0 aliphatic carbocycles. The molecule has 1 aromatic rings. The van der Waals surface area contributed by atoms with Gasteiger partial charge in [-0.25, -0.2) is 8.78 Å². The summed E-state index contributed by atoms with van der Waals surface area (Å²) in [5.74, 6) is -0.976. The van der Waals surface area contributed by atoms with Crippen molar-refractivity contribution in [3.8, 4) is 5.75 Å². The van der Waals surface area contributed by atoms with Crippen LogP contribution in [0.2, 0.25) is 5.02 Å². The molecule has 6 heteroatoms.